The van der Waals surface area contributed by atoms with E-state index in [1.165, 1.54) is 6.20 Å². The van der Waals surface area contributed by atoms with Crippen molar-refractivity contribution >= 4 is 11.9 Å². The first-order valence-electron chi connectivity index (χ1n) is 8.34. The molecule has 5 nitrogen and oxygen atoms in total. The summed E-state index contributed by atoms with van der Waals surface area (Å²) >= 11 is 0. The third-order valence-corrected chi connectivity index (χ3v) is 4.47. The number of ether oxygens (including phenoxy) is 1. The smallest absolute Gasteiger partial charge is 0.416 e. The van der Waals surface area contributed by atoms with Gasteiger partial charge >= 0.3 is 12.3 Å². The minimum atomic E-state index is -4.39. The Morgan fingerprint density at radius 3 is 2.32 bits per heavy atom. The number of halogens is 3. The van der Waals surface area contributed by atoms with E-state index in [-0.39, 0.29) is 18.2 Å². The molecule has 0 saturated carbocycles. The molecular weight excluding hydrogens is 335 g/mol. The van der Waals surface area contributed by atoms with E-state index in [1.807, 2.05) is 25.7 Å². The molecule has 1 aromatic rings. The van der Waals surface area contributed by atoms with E-state index in [2.05, 4.69) is 4.98 Å². The van der Waals surface area contributed by atoms with E-state index in [0.29, 0.717) is 18.9 Å². The highest BCUT2D eigenvalue weighted by atomic mass is 19.4. The number of aromatic nitrogens is 1. The number of likely N-dealkylation sites (tertiary alicyclic amines) is 1. The Morgan fingerprint density at radius 2 is 1.80 bits per heavy atom. The Bertz CT molecular complexity index is 643. The van der Waals surface area contributed by atoms with Crippen molar-refractivity contribution in [3.05, 3.63) is 23.9 Å². The van der Waals surface area contributed by atoms with Crippen molar-refractivity contribution in [3.63, 3.8) is 0 Å². The van der Waals surface area contributed by atoms with Crippen LogP contribution in [0.4, 0.5) is 23.8 Å². The summed E-state index contributed by atoms with van der Waals surface area (Å²) in [5.74, 6) is 0.325. The van der Waals surface area contributed by atoms with Crippen molar-refractivity contribution in [2.75, 3.05) is 18.0 Å². The van der Waals surface area contributed by atoms with Crippen molar-refractivity contribution < 1.29 is 22.7 Å². The number of anilines is 1. The molecule has 2 aliphatic heterocycles. The van der Waals surface area contributed by atoms with Gasteiger partial charge in [-0.15, -0.1) is 0 Å². The van der Waals surface area contributed by atoms with Gasteiger partial charge in [0.1, 0.15) is 11.4 Å². The number of amides is 1. The standard InChI is InChI=1S/C17H22F3N3O2/c1-16(2,3)25-15(24)22-9-12-4-5-13(10-22)23(12)14-8-11(6-7-21-14)17(18,19)20/h6-8,12-13H,4-5,9-10H2,1-3H3. The highest BCUT2D eigenvalue weighted by Crippen LogP contribution is 2.37. The molecule has 0 aromatic carbocycles. The van der Waals surface area contributed by atoms with E-state index in [9.17, 15) is 18.0 Å². The third kappa shape index (κ3) is 3.82. The Labute approximate surface area is 144 Å². The molecule has 3 rings (SSSR count). The van der Waals surface area contributed by atoms with Crippen molar-refractivity contribution in [3.8, 4) is 0 Å². The molecule has 3 heterocycles. The Morgan fingerprint density at radius 1 is 1.20 bits per heavy atom. The van der Waals surface area contributed by atoms with Crippen molar-refractivity contribution in [1.82, 2.24) is 9.88 Å². The van der Waals surface area contributed by atoms with Crippen LogP contribution in [0.1, 0.15) is 39.2 Å². The van der Waals surface area contributed by atoms with Crippen LogP contribution in [-0.2, 0) is 10.9 Å². The first-order valence-corrected chi connectivity index (χ1v) is 8.34. The van der Waals surface area contributed by atoms with Crippen molar-refractivity contribution in [2.24, 2.45) is 0 Å². The third-order valence-electron chi connectivity index (χ3n) is 4.47. The highest BCUT2D eigenvalue weighted by Gasteiger charge is 2.43. The van der Waals surface area contributed by atoms with Gasteiger partial charge in [-0.25, -0.2) is 9.78 Å². The summed E-state index contributed by atoms with van der Waals surface area (Å²) in [4.78, 5) is 20.0. The molecule has 2 saturated heterocycles. The molecule has 1 aromatic heterocycles. The largest absolute Gasteiger partial charge is 0.444 e. The minimum Gasteiger partial charge on any atom is -0.444 e. The second-order valence-corrected chi connectivity index (χ2v) is 7.58. The lowest BCUT2D eigenvalue weighted by molar-refractivity contribution is -0.137. The highest BCUT2D eigenvalue weighted by molar-refractivity contribution is 5.69. The monoisotopic (exact) mass is 357 g/mol. The van der Waals surface area contributed by atoms with Gasteiger partial charge in [-0.2, -0.15) is 13.2 Å². The SMILES string of the molecule is CC(C)(C)OC(=O)N1CC2CCC(C1)N2c1cc(C(F)(F)F)ccn1. The zero-order valence-electron chi connectivity index (χ0n) is 14.5. The first kappa shape index (κ1) is 17.8. The molecule has 1 amide bonds. The summed E-state index contributed by atoms with van der Waals surface area (Å²) in [6.45, 7) is 6.29. The summed E-state index contributed by atoms with van der Waals surface area (Å²) in [5, 5.41) is 0. The average molecular weight is 357 g/mol. The molecule has 0 aliphatic carbocycles. The van der Waals surface area contributed by atoms with Crippen LogP contribution < -0.4 is 4.90 Å². The quantitative estimate of drug-likeness (QED) is 0.769. The average Bonchev–Trinajstić information content (AvgIpc) is 2.75. The van der Waals surface area contributed by atoms with Crippen LogP contribution in [0.3, 0.4) is 0 Å². The maximum absolute atomic E-state index is 13.0. The lowest BCUT2D eigenvalue weighted by atomic mass is 10.1. The fourth-order valence-corrected chi connectivity index (χ4v) is 3.49. The number of rotatable bonds is 1. The fourth-order valence-electron chi connectivity index (χ4n) is 3.49. The molecule has 8 heteroatoms. The molecule has 2 bridgehead atoms. The van der Waals surface area contributed by atoms with E-state index in [4.69, 9.17) is 4.74 Å². The zero-order valence-corrected chi connectivity index (χ0v) is 14.5. The number of carbonyl (C=O) groups excluding carboxylic acids is 1. The summed E-state index contributed by atoms with van der Waals surface area (Å²) < 4.78 is 44.3. The molecule has 25 heavy (non-hydrogen) atoms. The molecule has 0 radical (unpaired) electrons. The zero-order chi connectivity index (χ0) is 18.4. The number of hydrogen-bond acceptors (Lipinski definition) is 4. The first-order chi connectivity index (χ1) is 11.5. The van der Waals surface area contributed by atoms with E-state index < -0.39 is 17.3 Å². The summed E-state index contributed by atoms with van der Waals surface area (Å²) in [5.41, 5.74) is -1.28. The van der Waals surface area contributed by atoms with Crippen LogP contribution in [0.5, 0.6) is 0 Å². The summed E-state index contributed by atoms with van der Waals surface area (Å²) in [6.07, 6.45) is -1.93. The van der Waals surface area contributed by atoms with Gasteiger partial charge in [-0.05, 0) is 45.7 Å². The molecule has 2 aliphatic rings. The van der Waals surface area contributed by atoms with Crippen LogP contribution >= 0.6 is 0 Å². The van der Waals surface area contributed by atoms with Crippen LogP contribution in [0.15, 0.2) is 18.3 Å². The second kappa shape index (κ2) is 6.07. The van der Waals surface area contributed by atoms with Gasteiger partial charge in [0.25, 0.3) is 0 Å². The van der Waals surface area contributed by atoms with Gasteiger partial charge in [0.05, 0.1) is 5.56 Å². The number of hydrogen-bond donors (Lipinski definition) is 0. The topological polar surface area (TPSA) is 45.7 Å². The predicted octanol–water partition coefficient (Wildman–Crippen LogP) is 3.69. The predicted molar refractivity (Wildman–Crippen MR) is 86.3 cm³/mol. The van der Waals surface area contributed by atoms with E-state index >= 15 is 0 Å². The van der Waals surface area contributed by atoms with E-state index in [0.717, 1.165) is 25.0 Å². The molecule has 138 valence electrons. The minimum absolute atomic E-state index is 0.0396. The number of alkyl halides is 3. The maximum Gasteiger partial charge on any atom is 0.416 e. The Hall–Kier alpha value is -1.99. The number of nitrogens with zero attached hydrogens (tertiary/aromatic N) is 3. The van der Waals surface area contributed by atoms with Crippen LogP contribution in [0.2, 0.25) is 0 Å². The fraction of sp³-hybridized carbons (Fsp3) is 0.647. The van der Waals surface area contributed by atoms with Gasteiger partial charge in [0.15, 0.2) is 0 Å². The van der Waals surface area contributed by atoms with Crippen LogP contribution in [-0.4, -0.2) is 46.8 Å². The van der Waals surface area contributed by atoms with Gasteiger partial charge in [0, 0.05) is 31.4 Å². The molecular formula is C17H22F3N3O2. The van der Waals surface area contributed by atoms with Crippen molar-refractivity contribution in [1.29, 1.82) is 0 Å². The number of carbonyl (C=O) groups is 1. The molecule has 0 spiro atoms. The molecule has 0 N–H and O–H groups in total. The van der Waals surface area contributed by atoms with E-state index in [1.54, 1.807) is 4.90 Å². The lowest BCUT2D eigenvalue weighted by Crippen LogP contribution is -2.56. The number of piperazine rings is 1. The van der Waals surface area contributed by atoms with Gasteiger partial charge in [0.2, 0.25) is 0 Å². The van der Waals surface area contributed by atoms with Crippen molar-refractivity contribution in [2.45, 2.75) is 57.5 Å². The number of fused-ring (bicyclic) bond motifs is 2. The molecule has 2 unspecified atom stereocenters. The molecule has 2 fully saturated rings. The Balaban J connectivity index is 1.76. The maximum atomic E-state index is 13.0. The number of pyridine rings is 1. The molecule has 2 atom stereocenters. The van der Waals surface area contributed by atoms with Gasteiger partial charge < -0.3 is 14.5 Å². The van der Waals surface area contributed by atoms with Crippen LogP contribution in [0.25, 0.3) is 0 Å². The van der Waals surface area contributed by atoms with Gasteiger partial charge in [-0.3, -0.25) is 0 Å². The van der Waals surface area contributed by atoms with Crippen LogP contribution in [0, 0.1) is 0 Å². The second-order valence-electron chi connectivity index (χ2n) is 7.58. The summed E-state index contributed by atoms with van der Waals surface area (Å²) in [7, 11) is 0. The summed E-state index contributed by atoms with van der Waals surface area (Å²) in [6, 6.07) is 1.99. The lowest BCUT2D eigenvalue weighted by Gasteiger charge is -2.42. The van der Waals surface area contributed by atoms with Gasteiger partial charge in [-0.1, -0.05) is 0 Å². The normalized spacial score (nSPS) is 23.8. The Kier molecular flexibility index (Phi) is 4.33.